The largest absolute Gasteiger partial charge is 0.459 e. The fourth-order valence-corrected chi connectivity index (χ4v) is 2.07. The number of amides is 1. The van der Waals surface area contributed by atoms with E-state index in [4.69, 9.17) is 13.7 Å². The van der Waals surface area contributed by atoms with E-state index in [0.717, 1.165) is 0 Å². The summed E-state index contributed by atoms with van der Waals surface area (Å²) in [5, 5.41) is 6.38. The number of rotatable bonds is 5. The monoisotopic (exact) mass is 326 g/mol. The van der Waals surface area contributed by atoms with Crippen molar-refractivity contribution in [3.63, 3.8) is 0 Å². The van der Waals surface area contributed by atoms with Crippen LogP contribution in [0.15, 0.2) is 57.7 Å². The van der Waals surface area contributed by atoms with Gasteiger partial charge in [-0.3, -0.25) is 4.79 Å². The second kappa shape index (κ2) is 6.82. The lowest BCUT2D eigenvalue weighted by Gasteiger charge is -2.09. The van der Waals surface area contributed by atoms with Crippen LogP contribution in [-0.4, -0.2) is 17.0 Å². The number of nitrogens with zero attached hydrogens (tertiary/aromatic N) is 1. The van der Waals surface area contributed by atoms with Gasteiger partial charge < -0.3 is 19.0 Å². The smallest absolute Gasteiger partial charge is 0.340 e. The second-order valence-electron chi connectivity index (χ2n) is 4.98. The Morgan fingerprint density at radius 1 is 1.21 bits per heavy atom. The number of hydrogen-bond acceptors (Lipinski definition) is 6. The standard InChI is InChI=1S/C17H14N2O5/c1-11-9-12(19-24-11)10-23-17(21)13-5-2-3-6-14(13)18-16(20)15-7-4-8-22-15/h2-9H,10H2,1H3,(H,18,20). The number of benzene rings is 1. The van der Waals surface area contributed by atoms with Gasteiger partial charge in [-0.05, 0) is 31.2 Å². The minimum atomic E-state index is -0.578. The van der Waals surface area contributed by atoms with Crippen molar-refractivity contribution in [3.8, 4) is 0 Å². The molecule has 0 atom stereocenters. The fraction of sp³-hybridized carbons (Fsp3) is 0.118. The highest BCUT2D eigenvalue weighted by Crippen LogP contribution is 2.18. The van der Waals surface area contributed by atoms with Gasteiger partial charge in [-0.2, -0.15) is 0 Å². The van der Waals surface area contributed by atoms with Gasteiger partial charge in [0.1, 0.15) is 18.1 Å². The number of aromatic nitrogens is 1. The Balaban J connectivity index is 1.71. The molecule has 0 spiro atoms. The lowest BCUT2D eigenvalue weighted by atomic mass is 10.1. The average Bonchev–Trinajstić information content (AvgIpc) is 3.25. The molecular weight excluding hydrogens is 312 g/mol. The number of aryl methyl sites for hydroxylation is 1. The van der Waals surface area contributed by atoms with Crippen molar-refractivity contribution < 1.29 is 23.3 Å². The van der Waals surface area contributed by atoms with Crippen LogP contribution in [0.25, 0.3) is 0 Å². The number of para-hydroxylation sites is 1. The third-order valence-electron chi connectivity index (χ3n) is 3.17. The highest BCUT2D eigenvalue weighted by molar-refractivity contribution is 6.06. The van der Waals surface area contributed by atoms with E-state index < -0.39 is 11.9 Å². The molecule has 0 fully saturated rings. The van der Waals surface area contributed by atoms with Gasteiger partial charge in [-0.25, -0.2) is 4.79 Å². The normalized spacial score (nSPS) is 10.4. The summed E-state index contributed by atoms with van der Waals surface area (Å²) in [4.78, 5) is 24.3. The first-order valence-electron chi connectivity index (χ1n) is 7.16. The zero-order valence-electron chi connectivity index (χ0n) is 12.8. The molecule has 2 heterocycles. The highest BCUT2D eigenvalue weighted by atomic mass is 16.5. The molecule has 0 aliphatic heterocycles. The Kier molecular flexibility index (Phi) is 4.42. The molecule has 1 aromatic carbocycles. The Morgan fingerprint density at radius 2 is 2.04 bits per heavy atom. The number of ether oxygens (including phenoxy) is 1. The molecule has 0 bridgehead atoms. The molecule has 3 aromatic rings. The Hall–Kier alpha value is -3.35. The summed E-state index contributed by atoms with van der Waals surface area (Å²) in [5.41, 5.74) is 1.08. The number of carbonyl (C=O) groups is 2. The second-order valence-corrected chi connectivity index (χ2v) is 4.98. The van der Waals surface area contributed by atoms with Crippen LogP contribution in [0.1, 0.15) is 32.4 Å². The molecule has 2 aromatic heterocycles. The highest BCUT2D eigenvalue weighted by Gasteiger charge is 2.17. The van der Waals surface area contributed by atoms with Crippen LogP contribution >= 0.6 is 0 Å². The first-order valence-corrected chi connectivity index (χ1v) is 7.16. The summed E-state index contributed by atoms with van der Waals surface area (Å²) >= 11 is 0. The van der Waals surface area contributed by atoms with Gasteiger partial charge in [0, 0.05) is 6.07 Å². The minimum absolute atomic E-state index is 0.0172. The number of anilines is 1. The van der Waals surface area contributed by atoms with Crippen LogP contribution in [0.3, 0.4) is 0 Å². The van der Waals surface area contributed by atoms with E-state index in [1.54, 1.807) is 43.3 Å². The van der Waals surface area contributed by atoms with Gasteiger partial charge >= 0.3 is 5.97 Å². The van der Waals surface area contributed by atoms with Gasteiger partial charge in [-0.15, -0.1) is 0 Å². The minimum Gasteiger partial charge on any atom is -0.459 e. The zero-order chi connectivity index (χ0) is 16.9. The molecule has 24 heavy (non-hydrogen) atoms. The fourth-order valence-electron chi connectivity index (χ4n) is 2.07. The number of hydrogen-bond donors (Lipinski definition) is 1. The predicted molar refractivity (Wildman–Crippen MR) is 83.5 cm³/mol. The van der Waals surface area contributed by atoms with E-state index >= 15 is 0 Å². The molecule has 3 rings (SSSR count). The molecule has 7 nitrogen and oxygen atoms in total. The van der Waals surface area contributed by atoms with Crippen LogP contribution in [0.4, 0.5) is 5.69 Å². The van der Waals surface area contributed by atoms with Gasteiger partial charge in [-0.1, -0.05) is 17.3 Å². The molecule has 1 amide bonds. The molecule has 0 radical (unpaired) electrons. The van der Waals surface area contributed by atoms with Crippen molar-refractivity contribution in [2.24, 2.45) is 0 Å². The Labute approximate surface area is 137 Å². The predicted octanol–water partition coefficient (Wildman–Crippen LogP) is 3.19. The lowest BCUT2D eigenvalue weighted by molar-refractivity contribution is 0.0465. The summed E-state index contributed by atoms with van der Waals surface area (Å²) in [6.45, 7) is 1.73. The molecular formula is C17H14N2O5. The van der Waals surface area contributed by atoms with E-state index in [1.807, 2.05) is 0 Å². The molecule has 122 valence electrons. The van der Waals surface area contributed by atoms with Gasteiger partial charge in [0.15, 0.2) is 5.76 Å². The number of furan rings is 1. The van der Waals surface area contributed by atoms with Crippen LogP contribution in [0, 0.1) is 6.92 Å². The van der Waals surface area contributed by atoms with Gasteiger partial charge in [0.25, 0.3) is 5.91 Å². The van der Waals surface area contributed by atoms with Gasteiger partial charge in [0.05, 0.1) is 17.5 Å². The van der Waals surface area contributed by atoms with E-state index in [1.165, 1.54) is 12.3 Å². The van der Waals surface area contributed by atoms with E-state index in [2.05, 4.69) is 10.5 Å². The van der Waals surface area contributed by atoms with Crippen LogP contribution in [0.2, 0.25) is 0 Å². The molecule has 0 saturated carbocycles. The first kappa shape index (κ1) is 15.5. The van der Waals surface area contributed by atoms with Crippen molar-refractivity contribution in [2.75, 3.05) is 5.32 Å². The summed E-state index contributed by atoms with van der Waals surface area (Å²) in [6, 6.07) is 11.4. The van der Waals surface area contributed by atoms with Crippen molar-refractivity contribution in [1.82, 2.24) is 5.16 Å². The molecule has 7 heteroatoms. The van der Waals surface area contributed by atoms with Crippen molar-refractivity contribution >= 4 is 17.6 Å². The molecule has 0 aliphatic rings. The maximum absolute atomic E-state index is 12.3. The Morgan fingerprint density at radius 3 is 2.75 bits per heavy atom. The molecule has 0 unspecified atom stereocenters. The third kappa shape index (κ3) is 3.52. The van der Waals surface area contributed by atoms with Crippen molar-refractivity contribution in [1.29, 1.82) is 0 Å². The van der Waals surface area contributed by atoms with E-state index in [9.17, 15) is 9.59 Å². The number of carbonyl (C=O) groups excluding carboxylic acids is 2. The van der Waals surface area contributed by atoms with Crippen LogP contribution in [-0.2, 0) is 11.3 Å². The topological polar surface area (TPSA) is 94.6 Å². The number of esters is 1. The molecule has 1 N–H and O–H groups in total. The summed E-state index contributed by atoms with van der Waals surface area (Å²) < 4.78 is 15.1. The number of nitrogens with one attached hydrogen (secondary N) is 1. The van der Waals surface area contributed by atoms with Gasteiger partial charge in [0.2, 0.25) is 0 Å². The quantitative estimate of drug-likeness (QED) is 0.724. The first-order chi connectivity index (χ1) is 11.6. The summed E-state index contributed by atoms with van der Waals surface area (Å²) in [5.74, 6) is -0.248. The van der Waals surface area contributed by atoms with E-state index in [-0.39, 0.29) is 17.9 Å². The zero-order valence-corrected chi connectivity index (χ0v) is 12.8. The third-order valence-corrected chi connectivity index (χ3v) is 3.17. The summed E-state index contributed by atoms with van der Waals surface area (Å²) in [7, 11) is 0. The summed E-state index contributed by atoms with van der Waals surface area (Å²) in [6.07, 6.45) is 1.40. The average molecular weight is 326 g/mol. The van der Waals surface area contributed by atoms with Crippen LogP contribution in [0.5, 0.6) is 0 Å². The molecule has 0 saturated heterocycles. The SMILES string of the molecule is Cc1cc(COC(=O)c2ccccc2NC(=O)c2ccco2)no1. The maximum Gasteiger partial charge on any atom is 0.340 e. The maximum atomic E-state index is 12.3. The van der Waals surface area contributed by atoms with Crippen LogP contribution < -0.4 is 5.32 Å². The molecule has 0 aliphatic carbocycles. The van der Waals surface area contributed by atoms with Crippen molar-refractivity contribution in [2.45, 2.75) is 13.5 Å². The van der Waals surface area contributed by atoms with E-state index in [0.29, 0.717) is 17.1 Å². The Bertz CT molecular complexity index is 852. The lowest BCUT2D eigenvalue weighted by Crippen LogP contribution is -2.15. The van der Waals surface area contributed by atoms with Crippen molar-refractivity contribution in [3.05, 3.63) is 71.5 Å².